The lowest BCUT2D eigenvalue weighted by molar-refractivity contribution is 0.102. The fraction of sp³-hybridized carbons (Fsp3) is 0.0714. The summed E-state index contributed by atoms with van der Waals surface area (Å²) < 4.78 is 0. The SMILES string of the molecule is O=C(Nc1cccc(C2=NN(c3ccccc3)C(c3ccccc3)C2)c1)c1ccccc1. The molecule has 1 unspecified atom stereocenters. The van der Waals surface area contributed by atoms with Gasteiger partial charge in [-0.15, -0.1) is 0 Å². The number of hydrogen-bond donors (Lipinski definition) is 1. The summed E-state index contributed by atoms with van der Waals surface area (Å²) in [6.45, 7) is 0. The summed E-state index contributed by atoms with van der Waals surface area (Å²) in [7, 11) is 0. The highest BCUT2D eigenvalue weighted by atomic mass is 16.1. The summed E-state index contributed by atoms with van der Waals surface area (Å²) in [6, 6.07) is 38.0. The molecular weight excluding hydrogens is 394 g/mol. The average Bonchev–Trinajstić information content (AvgIpc) is 3.32. The lowest BCUT2D eigenvalue weighted by Crippen LogP contribution is -2.18. The van der Waals surface area contributed by atoms with Gasteiger partial charge in [-0.2, -0.15) is 5.10 Å². The Morgan fingerprint density at radius 3 is 2.16 bits per heavy atom. The molecule has 0 aliphatic carbocycles. The predicted octanol–water partition coefficient (Wildman–Crippen LogP) is 6.29. The van der Waals surface area contributed by atoms with Crippen LogP contribution in [0.3, 0.4) is 0 Å². The molecule has 0 bridgehead atoms. The molecular formula is C28H23N3O. The standard InChI is InChI=1S/C28H23N3O/c32-28(22-13-6-2-7-14-22)29-24-16-10-15-23(19-24)26-20-27(21-11-4-1-5-12-21)31(30-26)25-17-8-3-9-18-25/h1-19,27H,20H2,(H,29,32). The van der Waals surface area contributed by atoms with E-state index in [1.165, 1.54) is 5.56 Å². The molecule has 4 nitrogen and oxygen atoms in total. The molecule has 1 amide bonds. The Labute approximate surface area is 187 Å². The van der Waals surface area contributed by atoms with Crippen LogP contribution >= 0.6 is 0 Å². The zero-order chi connectivity index (χ0) is 21.8. The summed E-state index contributed by atoms with van der Waals surface area (Å²) in [6.07, 6.45) is 0.787. The molecule has 0 saturated heterocycles. The maximum atomic E-state index is 12.6. The van der Waals surface area contributed by atoms with Crippen LogP contribution in [0.15, 0.2) is 120 Å². The van der Waals surface area contributed by atoms with E-state index in [1.54, 1.807) is 0 Å². The van der Waals surface area contributed by atoms with E-state index in [0.717, 1.165) is 29.1 Å². The molecule has 32 heavy (non-hydrogen) atoms. The number of hydrazone groups is 1. The first-order valence-electron chi connectivity index (χ1n) is 10.7. The molecule has 0 fully saturated rings. The molecule has 4 heteroatoms. The second-order valence-corrected chi connectivity index (χ2v) is 7.76. The van der Waals surface area contributed by atoms with Crippen LogP contribution in [-0.2, 0) is 0 Å². The van der Waals surface area contributed by atoms with Crippen LogP contribution in [0.1, 0.15) is 33.9 Å². The van der Waals surface area contributed by atoms with Gasteiger partial charge in [0.2, 0.25) is 0 Å². The zero-order valence-electron chi connectivity index (χ0n) is 17.6. The Balaban J connectivity index is 1.44. The van der Waals surface area contributed by atoms with E-state index in [9.17, 15) is 4.79 Å². The minimum absolute atomic E-state index is 0.121. The van der Waals surface area contributed by atoms with Crippen molar-refractivity contribution in [2.75, 3.05) is 10.3 Å². The Hall–Kier alpha value is -4.18. The summed E-state index contributed by atoms with van der Waals surface area (Å²) in [4.78, 5) is 12.6. The fourth-order valence-corrected chi connectivity index (χ4v) is 4.01. The number of anilines is 2. The first kappa shape index (κ1) is 19.8. The Morgan fingerprint density at radius 1 is 0.781 bits per heavy atom. The van der Waals surface area contributed by atoms with Gasteiger partial charge in [-0.25, -0.2) is 0 Å². The quantitative estimate of drug-likeness (QED) is 0.414. The number of nitrogens with zero attached hydrogens (tertiary/aromatic N) is 2. The molecule has 4 aromatic rings. The molecule has 156 valence electrons. The molecule has 0 radical (unpaired) electrons. The van der Waals surface area contributed by atoms with Gasteiger partial charge < -0.3 is 5.32 Å². The number of rotatable bonds is 5. The third-order valence-corrected chi connectivity index (χ3v) is 5.61. The highest BCUT2D eigenvalue weighted by molar-refractivity contribution is 6.07. The van der Waals surface area contributed by atoms with Gasteiger partial charge in [-0.05, 0) is 47.5 Å². The first-order valence-corrected chi connectivity index (χ1v) is 10.7. The van der Waals surface area contributed by atoms with E-state index in [0.29, 0.717) is 5.56 Å². The van der Waals surface area contributed by atoms with Gasteiger partial charge in [0.15, 0.2) is 0 Å². The van der Waals surface area contributed by atoms with E-state index in [2.05, 4.69) is 46.7 Å². The van der Waals surface area contributed by atoms with E-state index >= 15 is 0 Å². The van der Waals surface area contributed by atoms with Gasteiger partial charge in [0.25, 0.3) is 5.91 Å². The highest BCUT2D eigenvalue weighted by Crippen LogP contribution is 2.36. The minimum atomic E-state index is -0.121. The topological polar surface area (TPSA) is 44.7 Å². The van der Waals surface area contributed by atoms with Crippen molar-refractivity contribution in [3.8, 4) is 0 Å². The number of carbonyl (C=O) groups excluding carboxylic acids is 1. The van der Waals surface area contributed by atoms with Gasteiger partial charge in [0, 0.05) is 17.7 Å². The molecule has 5 rings (SSSR count). The number of hydrogen-bond acceptors (Lipinski definition) is 3. The van der Waals surface area contributed by atoms with Crippen molar-refractivity contribution in [1.29, 1.82) is 0 Å². The highest BCUT2D eigenvalue weighted by Gasteiger charge is 2.29. The molecule has 1 aliphatic rings. The van der Waals surface area contributed by atoms with Crippen molar-refractivity contribution in [3.05, 3.63) is 132 Å². The number of carbonyl (C=O) groups is 1. The Bertz CT molecular complexity index is 1240. The van der Waals surface area contributed by atoms with Gasteiger partial charge in [-0.3, -0.25) is 9.80 Å². The molecule has 0 aromatic heterocycles. The smallest absolute Gasteiger partial charge is 0.255 e. The Kier molecular flexibility index (Phi) is 5.50. The van der Waals surface area contributed by atoms with Crippen molar-refractivity contribution in [3.63, 3.8) is 0 Å². The van der Waals surface area contributed by atoms with Crippen molar-refractivity contribution < 1.29 is 4.79 Å². The minimum Gasteiger partial charge on any atom is -0.322 e. The van der Waals surface area contributed by atoms with Crippen molar-refractivity contribution >= 4 is 23.0 Å². The van der Waals surface area contributed by atoms with Gasteiger partial charge >= 0.3 is 0 Å². The maximum absolute atomic E-state index is 12.6. The molecule has 1 atom stereocenters. The van der Waals surface area contributed by atoms with Crippen LogP contribution in [0.4, 0.5) is 11.4 Å². The number of amides is 1. The van der Waals surface area contributed by atoms with Gasteiger partial charge in [0.1, 0.15) is 0 Å². The molecule has 1 heterocycles. The summed E-state index contributed by atoms with van der Waals surface area (Å²) in [5, 5.41) is 10.1. The third kappa shape index (κ3) is 4.16. The van der Waals surface area contributed by atoms with Crippen molar-refractivity contribution in [1.82, 2.24) is 0 Å². The van der Waals surface area contributed by atoms with Gasteiger partial charge in [0.05, 0.1) is 17.4 Å². The normalized spacial score (nSPS) is 15.3. The number of para-hydroxylation sites is 1. The summed E-state index contributed by atoms with van der Waals surface area (Å²) in [5.74, 6) is -0.121. The second-order valence-electron chi connectivity index (χ2n) is 7.76. The average molecular weight is 418 g/mol. The molecule has 1 N–H and O–H groups in total. The van der Waals surface area contributed by atoms with Crippen LogP contribution in [0.5, 0.6) is 0 Å². The molecule has 1 aliphatic heterocycles. The summed E-state index contributed by atoms with van der Waals surface area (Å²) >= 11 is 0. The maximum Gasteiger partial charge on any atom is 0.255 e. The van der Waals surface area contributed by atoms with E-state index in [-0.39, 0.29) is 11.9 Å². The fourth-order valence-electron chi connectivity index (χ4n) is 4.01. The van der Waals surface area contributed by atoms with Crippen LogP contribution < -0.4 is 10.3 Å². The van der Waals surface area contributed by atoms with Crippen LogP contribution in [0, 0.1) is 0 Å². The van der Waals surface area contributed by atoms with Crippen molar-refractivity contribution in [2.24, 2.45) is 5.10 Å². The van der Waals surface area contributed by atoms with Gasteiger partial charge in [-0.1, -0.05) is 78.9 Å². The predicted molar refractivity (Wildman–Crippen MR) is 130 cm³/mol. The number of benzene rings is 4. The molecule has 4 aromatic carbocycles. The zero-order valence-corrected chi connectivity index (χ0v) is 17.6. The van der Waals surface area contributed by atoms with Crippen LogP contribution in [0.25, 0.3) is 0 Å². The number of nitrogens with one attached hydrogen (secondary N) is 1. The Morgan fingerprint density at radius 2 is 1.44 bits per heavy atom. The first-order chi connectivity index (χ1) is 15.8. The van der Waals surface area contributed by atoms with E-state index < -0.39 is 0 Å². The molecule has 0 spiro atoms. The van der Waals surface area contributed by atoms with Crippen molar-refractivity contribution in [2.45, 2.75) is 12.5 Å². The monoisotopic (exact) mass is 417 g/mol. The van der Waals surface area contributed by atoms with E-state index in [4.69, 9.17) is 5.10 Å². The second kappa shape index (κ2) is 8.90. The van der Waals surface area contributed by atoms with Crippen LogP contribution in [0.2, 0.25) is 0 Å². The van der Waals surface area contributed by atoms with Crippen LogP contribution in [-0.4, -0.2) is 11.6 Å². The molecule has 0 saturated carbocycles. The largest absolute Gasteiger partial charge is 0.322 e. The summed E-state index contributed by atoms with van der Waals surface area (Å²) in [5.41, 5.74) is 5.69. The lowest BCUT2D eigenvalue weighted by atomic mass is 9.98. The third-order valence-electron chi connectivity index (χ3n) is 5.61. The van der Waals surface area contributed by atoms with E-state index in [1.807, 2.05) is 78.9 Å². The lowest BCUT2D eigenvalue weighted by Gasteiger charge is -2.23.